The van der Waals surface area contributed by atoms with Crippen LogP contribution in [0.3, 0.4) is 0 Å². The molecule has 0 bridgehead atoms. The van der Waals surface area contributed by atoms with Crippen molar-refractivity contribution in [3.63, 3.8) is 0 Å². The molecule has 4 nitrogen and oxygen atoms in total. The van der Waals surface area contributed by atoms with Crippen LogP contribution in [0.2, 0.25) is 0 Å². The van der Waals surface area contributed by atoms with Crippen molar-refractivity contribution >= 4 is 5.84 Å². The van der Waals surface area contributed by atoms with Crippen LogP contribution in [0.15, 0.2) is 17.4 Å². The lowest BCUT2D eigenvalue weighted by Crippen LogP contribution is -2.39. The fraction of sp³-hybridized carbons (Fsp3) is 0.571. The van der Waals surface area contributed by atoms with Crippen LogP contribution in [-0.2, 0) is 4.74 Å². The lowest BCUT2D eigenvalue weighted by atomic mass is 10.4. The highest BCUT2D eigenvalue weighted by Crippen LogP contribution is 2.02. The van der Waals surface area contributed by atoms with E-state index in [-0.39, 0.29) is 0 Å². The number of amidine groups is 1. The molecule has 59 valence electrons. The zero-order valence-corrected chi connectivity index (χ0v) is 6.23. The monoisotopic (exact) mass is 152 g/mol. The normalized spacial score (nSPS) is 23.3. The van der Waals surface area contributed by atoms with Crippen molar-refractivity contribution in [1.82, 2.24) is 10.3 Å². The first kappa shape index (κ1) is 6.67. The van der Waals surface area contributed by atoms with Crippen LogP contribution >= 0.6 is 0 Å². The van der Waals surface area contributed by atoms with Crippen molar-refractivity contribution in [1.29, 1.82) is 0 Å². The largest absolute Gasteiger partial charge is 0.378 e. The Morgan fingerprint density at radius 1 is 1.36 bits per heavy atom. The zero-order chi connectivity index (χ0) is 7.52. The third kappa shape index (κ3) is 1.35. The van der Waals surface area contributed by atoms with Crippen LogP contribution in [-0.4, -0.2) is 37.0 Å². The van der Waals surface area contributed by atoms with E-state index < -0.39 is 0 Å². The summed E-state index contributed by atoms with van der Waals surface area (Å²) < 4.78 is 5.21. The maximum Gasteiger partial charge on any atom is 0.152 e. The molecule has 1 radical (unpaired) electrons. The average molecular weight is 152 g/mol. The number of nitrogens with zero attached hydrogens (tertiary/aromatic N) is 3. The van der Waals surface area contributed by atoms with Gasteiger partial charge in [0.1, 0.15) is 0 Å². The summed E-state index contributed by atoms with van der Waals surface area (Å²) >= 11 is 0. The summed E-state index contributed by atoms with van der Waals surface area (Å²) in [5.41, 5.74) is 3.76. The minimum Gasteiger partial charge on any atom is -0.378 e. The molecule has 1 saturated heterocycles. The first-order valence-electron chi connectivity index (χ1n) is 3.74. The third-order valence-electron chi connectivity index (χ3n) is 1.79. The summed E-state index contributed by atoms with van der Waals surface area (Å²) in [5, 5.41) is 3.96. The Morgan fingerprint density at radius 3 is 2.82 bits per heavy atom. The summed E-state index contributed by atoms with van der Waals surface area (Å²) in [6.45, 7) is 3.46. The van der Waals surface area contributed by atoms with E-state index in [1.54, 1.807) is 6.20 Å². The number of hydrogen-bond donors (Lipinski definition) is 0. The van der Waals surface area contributed by atoms with Crippen molar-refractivity contribution in [2.24, 2.45) is 5.10 Å². The quantitative estimate of drug-likeness (QED) is 0.480. The molecule has 0 unspecified atom stereocenters. The topological polar surface area (TPSA) is 38.9 Å². The molecule has 0 aliphatic carbocycles. The van der Waals surface area contributed by atoms with E-state index in [9.17, 15) is 0 Å². The smallest absolute Gasteiger partial charge is 0.152 e. The van der Waals surface area contributed by atoms with E-state index >= 15 is 0 Å². The van der Waals surface area contributed by atoms with Crippen molar-refractivity contribution < 1.29 is 4.74 Å². The second-order valence-corrected chi connectivity index (χ2v) is 2.49. The third-order valence-corrected chi connectivity index (χ3v) is 1.79. The van der Waals surface area contributed by atoms with Gasteiger partial charge in [0.25, 0.3) is 0 Å². The minimum absolute atomic E-state index is 0.798. The Labute approximate surface area is 65.5 Å². The van der Waals surface area contributed by atoms with Gasteiger partial charge in [-0.25, -0.2) is 0 Å². The maximum absolute atomic E-state index is 5.21. The molecule has 0 saturated carbocycles. The molecule has 1 fully saturated rings. The molecule has 2 heterocycles. The molecule has 0 N–H and O–H groups in total. The van der Waals surface area contributed by atoms with E-state index in [0.717, 1.165) is 32.1 Å². The zero-order valence-electron chi connectivity index (χ0n) is 6.23. The van der Waals surface area contributed by atoms with Gasteiger partial charge in [-0.3, -0.25) is 0 Å². The standard InChI is InChI=1S/C7H10N3O/c1-2-8-9-7(1)10-3-5-11-6-4-10/h1-2H,3-6H2. The van der Waals surface area contributed by atoms with Crippen LogP contribution in [0.4, 0.5) is 0 Å². The number of morpholine rings is 1. The lowest BCUT2D eigenvalue weighted by Gasteiger charge is -2.26. The Hall–Kier alpha value is -1.03. The Morgan fingerprint density at radius 2 is 2.18 bits per heavy atom. The van der Waals surface area contributed by atoms with Gasteiger partial charge in [-0.15, -0.1) is 5.10 Å². The van der Waals surface area contributed by atoms with Gasteiger partial charge in [0, 0.05) is 19.2 Å². The molecule has 2 aliphatic rings. The van der Waals surface area contributed by atoms with Gasteiger partial charge in [0.15, 0.2) is 5.84 Å². The van der Waals surface area contributed by atoms with Gasteiger partial charge in [-0.1, -0.05) is 0 Å². The van der Waals surface area contributed by atoms with Crippen LogP contribution in [0.1, 0.15) is 0 Å². The number of rotatable bonds is 0. The van der Waals surface area contributed by atoms with Gasteiger partial charge in [-0.2, -0.15) is 5.43 Å². The summed E-state index contributed by atoms with van der Waals surface area (Å²) in [5.74, 6) is 0.966. The lowest BCUT2D eigenvalue weighted by molar-refractivity contribution is 0.0684. The fourth-order valence-corrected chi connectivity index (χ4v) is 1.19. The van der Waals surface area contributed by atoms with Gasteiger partial charge in [-0.05, 0) is 0 Å². The fourth-order valence-electron chi connectivity index (χ4n) is 1.19. The number of ether oxygens (including phenoxy) is 1. The molecule has 11 heavy (non-hydrogen) atoms. The van der Waals surface area contributed by atoms with E-state index in [2.05, 4.69) is 15.4 Å². The molecule has 0 aromatic carbocycles. The van der Waals surface area contributed by atoms with Crippen molar-refractivity contribution in [2.75, 3.05) is 26.3 Å². The van der Waals surface area contributed by atoms with E-state index in [0.29, 0.717) is 0 Å². The Kier molecular flexibility index (Phi) is 1.77. The molecular formula is C7H10N3O. The second kappa shape index (κ2) is 2.92. The van der Waals surface area contributed by atoms with Crippen LogP contribution < -0.4 is 5.43 Å². The molecule has 4 heteroatoms. The summed E-state index contributed by atoms with van der Waals surface area (Å²) in [7, 11) is 0. The highest BCUT2D eigenvalue weighted by molar-refractivity contribution is 5.94. The molecule has 2 rings (SSSR count). The maximum atomic E-state index is 5.21. The molecule has 0 amide bonds. The molecule has 0 aromatic heterocycles. The van der Waals surface area contributed by atoms with Crippen molar-refractivity contribution in [2.45, 2.75) is 0 Å². The first-order chi connectivity index (χ1) is 5.47. The van der Waals surface area contributed by atoms with Crippen molar-refractivity contribution in [3.05, 3.63) is 12.3 Å². The first-order valence-corrected chi connectivity index (χ1v) is 3.74. The summed E-state index contributed by atoms with van der Waals surface area (Å²) in [6.07, 6.45) is 3.64. The minimum atomic E-state index is 0.798. The van der Waals surface area contributed by atoms with Crippen LogP contribution in [0, 0.1) is 0 Å². The molecule has 2 aliphatic heterocycles. The van der Waals surface area contributed by atoms with Gasteiger partial charge in [0.2, 0.25) is 0 Å². The highest BCUT2D eigenvalue weighted by Gasteiger charge is 2.14. The molecule has 0 spiro atoms. The summed E-state index contributed by atoms with van der Waals surface area (Å²) in [6, 6.07) is 0. The van der Waals surface area contributed by atoms with Gasteiger partial charge < -0.3 is 9.64 Å². The van der Waals surface area contributed by atoms with E-state index in [1.807, 2.05) is 6.08 Å². The number of hydrogen-bond acceptors (Lipinski definition) is 3. The average Bonchev–Trinajstić information content (AvgIpc) is 2.58. The Balaban J connectivity index is 1.97. The predicted octanol–water partition coefficient (Wildman–Crippen LogP) is -0.236. The molecule has 0 aromatic rings. The SMILES string of the molecule is C1=CC(N2CCOCC2)=N[N]1. The Bertz CT molecular complexity index is 194. The van der Waals surface area contributed by atoms with Gasteiger partial charge in [0.05, 0.1) is 19.4 Å². The van der Waals surface area contributed by atoms with Gasteiger partial charge >= 0.3 is 0 Å². The summed E-state index contributed by atoms with van der Waals surface area (Å²) in [4.78, 5) is 2.18. The van der Waals surface area contributed by atoms with E-state index in [1.165, 1.54) is 0 Å². The second-order valence-electron chi connectivity index (χ2n) is 2.49. The van der Waals surface area contributed by atoms with Crippen LogP contribution in [0.25, 0.3) is 0 Å². The molecule has 0 atom stereocenters. The van der Waals surface area contributed by atoms with Crippen molar-refractivity contribution in [3.8, 4) is 0 Å². The van der Waals surface area contributed by atoms with Crippen LogP contribution in [0.5, 0.6) is 0 Å². The molecular weight excluding hydrogens is 142 g/mol. The predicted molar refractivity (Wildman–Crippen MR) is 41.1 cm³/mol. The highest BCUT2D eigenvalue weighted by atomic mass is 16.5. The van der Waals surface area contributed by atoms with E-state index in [4.69, 9.17) is 4.74 Å².